The van der Waals surface area contributed by atoms with Gasteiger partial charge in [0.15, 0.2) is 6.29 Å². The predicted octanol–water partition coefficient (Wildman–Crippen LogP) is 3.02. The number of benzene rings is 3. The Labute approximate surface area is 240 Å². The van der Waals surface area contributed by atoms with Crippen molar-refractivity contribution in [2.45, 2.75) is 37.8 Å². The molecule has 2 atom stereocenters. The summed E-state index contributed by atoms with van der Waals surface area (Å²) in [6.45, 7) is -0.251. The quantitative estimate of drug-likeness (QED) is 0.191. The zero-order valence-electron chi connectivity index (χ0n) is 21.2. The fourth-order valence-electron chi connectivity index (χ4n) is 4.45. The van der Waals surface area contributed by atoms with Crippen LogP contribution in [0.1, 0.15) is 49.9 Å². The molecular formula is C28H28Cl2N4O6. The minimum absolute atomic E-state index is 0.0300. The molecule has 0 aliphatic heterocycles. The number of amides is 4. The number of hydrogen-bond acceptors (Lipinski definition) is 6. The van der Waals surface area contributed by atoms with Gasteiger partial charge in [-0.05, 0) is 42.2 Å². The second-order valence-electron chi connectivity index (χ2n) is 9.26. The van der Waals surface area contributed by atoms with Crippen LogP contribution in [0.15, 0.2) is 60.7 Å². The number of aliphatic hydroxyl groups excluding tert-OH is 1. The summed E-state index contributed by atoms with van der Waals surface area (Å²) in [5.74, 6) is -1.34. The number of fused-ring (bicyclic) bond motifs is 1. The lowest BCUT2D eigenvalue weighted by Gasteiger charge is -2.22. The zero-order valence-corrected chi connectivity index (χ0v) is 22.7. The zero-order chi connectivity index (χ0) is 28.8. The van der Waals surface area contributed by atoms with Crippen LogP contribution in [0.3, 0.4) is 0 Å². The van der Waals surface area contributed by atoms with Gasteiger partial charge >= 0.3 is 6.03 Å². The number of halogens is 2. The van der Waals surface area contributed by atoms with Crippen molar-refractivity contribution in [3.05, 3.63) is 98.5 Å². The highest BCUT2D eigenvalue weighted by molar-refractivity contribution is 6.40. The molecule has 4 rings (SSSR count). The molecule has 0 radical (unpaired) electrons. The van der Waals surface area contributed by atoms with Gasteiger partial charge in [-0.1, -0.05) is 65.7 Å². The Hall–Kier alpha value is -3.83. The van der Waals surface area contributed by atoms with E-state index in [1.165, 1.54) is 18.2 Å². The Kier molecular flexibility index (Phi) is 9.49. The van der Waals surface area contributed by atoms with Crippen molar-refractivity contribution >= 4 is 41.0 Å². The molecule has 1 aliphatic carbocycles. The van der Waals surface area contributed by atoms with E-state index >= 15 is 0 Å². The van der Waals surface area contributed by atoms with Crippen molar-refractivity contribution in [2.24, 2.45) is 0 Å². The van der Waals surface area contributed by atoms with Crippen molar-refractivity contribution in [3.8, 4) is 5.75 Å². The largest absolute Gasteiger partial charge is 0.508 e. The van der Waals surface area contributed by atoms with E-state index < -0.39 is 30.2 Å². The van der Waals surface area contributed by atoms with E-state index in [0.717, 1.165) is 24.0 Å². The Morgan fingerprint density at radius 3 is 2.30 bits per heavy atom. The number of hydrogen-bond donors (Lipinski definition) is 7. The first kappa shape index (κ1) is 29.2. The lowest BCUT2D eigenvalue weighted by atomic mass is 10.1. The van der Waals surface area contributed by atoms with E-state index in [2.05, 4.69) is 21.3 Å². The Bertz CT molecular complexity index is 1390. The predicted molar refractivity (Wildman–Crippen MR) is 149 cm³/mol. The molecule has 0 heterocycles. The monoisotopic (exact) mass is 586 g/mol. The van der Waals surface area contributed by atoms with Crippen LogP contribution in [-0.4, -0.2) is 52.0 Å². The minimum atomic E-state index is -2.01. The van der Waals surface area contributed by atoms with Gasteiger partial charge < -0.3 is 36.6 Å². The molecule has 2 unspecified atom stereocenters. The van der Waals surface area contributed by atoms with Gasteiger partial charge in [0.1, 0.15) is 5.75 Å². The number of carbonyl (C=O) groups excluding carboxylic acids is 3. The van der Waals surface area contributed by atoms with Gasteiger partial charge in [0.05, 0.1) is 27.7 Å². The highest BCUT2D eigenvalue weighted by atomic mass is 35.5. The second kappa shape index (κ2) is 13.0. The standard InChI is InChI=1S/C28H28Cl2N4O6/c29-19-11-17(25(36)31-13-16-6-2-4-8-23(16)35)12-20(30)24(19)26(37)33-22(27(38)39)14-32-28(40)34-21-10-9-15-5-1-3-7-18(15)21/h1-8,11-12,21-22,27,35,38-39H,9-10,13-14H2,(H,31,36)(H,33,37)(H2,32,34,40). The summed E-state index contributed by atoms with van der Waals surface area (Å²) in [4.78, 5) is 38.0. The van der Waals surface area contributed by atoms with Crippen LogP contribution < -0.4 is 21.3 Å². The van der Waals surface area contributed by atoms with Crippen molar-refractivity contribution in [1.29, 1.82) is 0 Å². The molecule has 12 heteroatoms. The van der Waals surface area contributed by atoms with Crippen molar-refractivity contribution < 1.29 is 29.7 Å². The van der Waals surface area contributed by atoms with E-state index in [9.17, 15) is 29.7 Å². The van der Waals surface area contributed by atoms with Crippen molar-refractivity contribution in [1.82, 2.24) is 21.3 Å². The van der Waals surface area contributed by atoms with E-state index in [-0.39, 0.29) is 46.1 Å². The molecule has 4 amide bonds. The van der Waals surface area contributed by atoms with Gasteiger partial charge in [-0.25, -0.2) is 4.79 Å². The number of aryl methyl sites for hydroxylation is 1. The van der Waals surface area contributed by atoms with Crippen LogP contribution in [0.25, 0.3) is 0 Å². The molecule has 0 bridgehead atoms. The van der Waals surface area contributed by atoms with Crippen LogP contribution in [-0.2, 0) is 13.0 Å². The number of rotatable bonds is 9. The van der Waals surface area contributed by atoms with Crippen LogP contribution >= 0.6 is 23.2 Å². The van der Waals surface area contributed by atoms with Gasteiger partial charge in [0, 0.05) is 24.2 Å². The molecule has 7 N–H and O–H groups in total. The fourth-order valence-corrected chi connectivity index (χ4v) is 5.11. The normalized spacial score (nSPS) is 14.8. The molecule has 210 valence electrons. The molecule has 3 aromatic carbocycles. The van der Waals surface area contributed by atoms with Crippen LogP contribution in [0, 0.1) is 0 Å². The maximum absolute atomic E-state index is 12.9. The van der Waals surface area contributed by atoms with Crippen LogP contribution in [0.2, 0.25) is 10.0 Å². The van der Waals surface area contributed by atoms with Crippen LogP contribution in [0.4, 0.5) is 4.79 Å². The SMILES string of the molecule is O=C(NCC(NC(=O)c1c(Cl)cc(C(=O)NCc2ccccc2O)cc1Cl)C(O)O)NC1CCc2ccccc21. The average molecular weight is 587 g/mol. The third-order valence-electron chi connectivity index (χ3n) is 6.56. The summed E-state index contributed by atoms with van der Waals surface area (Å²) in [6, 6.07) is 14.8. The van der Waals surface area contributed by atoms with Gasteiger partial charge in [-0.2, -0.15) is 0 Å². The molecule has 0 fully saturated rings. The van der Waals surface area contributed by atoms with Gasteiger partial charge in [0.25, 0.3) is 11.8 Å². The van der Waals surface area contributed by atoms with Gasteiger partial charge in [-0.15, -0.1) is 0 Å². The number of phenolic OH excluding ortho intramolecular Hbond substituents is 1. The highest BCUT2D eigenvalue weighted by Crippen LogP contribution is 2.30. The van der Waals surface area contributed by atoms with E-state index in [0.29, 0.717) is 5.56 Å². The third-order valence-corrected chi connectivity index (χ3v) is 7.16. The first-order valence-electron chi connectivity index (χ1n) is 12.5. The summed E-state index contributed by atoms with van der Waals surface area (Å²) in [5, 5.41) is 39.6. The van der Waals surface area contributed by atoms with E-state index in [1.54, 1.807) is 18.2 Å². The van der Waals surface area contributed by atoms with Crippen molar-refractivity contribution in [3.63, 3.8) is 0 Å². The molecule has 0 aromatic heterocycles. The second-order valence-corrected chi connectivity index (χ2v) is 10.1. The Morgan fingerprint density at radius 1 is 0.925 bits per heavy atom. The first-order chi connectivity index (χ1) is 19.1. The number of nitrogens with one attached hydrogen (secondary N) is 4. The molecule has 0 spiro atoms. The number of carbonyl (C=O) groups is 3. The molecule has 40 heavy (non-hydrogen) atoms. The van der Waals surface area contributed by atoms with Crippen molar-refractivity contribution in [2.75, 3.05) is 6.54 Å². The lowest BCUT2D eigenvalue weighted by Crippen LogP contribution is -2.52. The molecule has 0 saturated carbocycles. The highest BCUT2D eigenvalue weighted by Gasteiger charge is 2.27. The Balaban J connectivity index is 1.35. The minimum Gasteiger partial charge on any atom is -0.508 e. The number of phenols is 1. The van der Waals surface area contributed by atoms with Gasteiger partial charge in [-0.3, -0.25) is 9.59 Å². The maximum Gasteiger partial charge on any atom is 0.315 e. The molecule has 0 saturated heterocycles. The summed E-state index contributed by atoms with van der Waals surface area (Å²) in [7, 11) is 0. The Morgan fingerprint density at radius 2 is 1.60 bits per heavy atom. The molecule has 10 nitrogen and oxygen atoms in total. The fraction of sp³-hybridized carbons (Fsp3) is 0.250. The van der Waals surface area contributed by atoms with E-state index in [1.807, 2.05) is 24.3 Å². The summed E-state index contributed by atoms with van der Waals surface area (Å²) < 4.78 is 0. The topological polar surface area (TPSA) is 160 Å². The number of aliphatic hydroxyl groups is 2. The maximum atomic E-state index is 12.9. The molecule has 1 aliphatic rings. The number of aromatic hydroxyl groups is 1. The van der Waals surface area contributed by atoms with Crippen LogP contribution in [0.5, 0.6) is 5.75 Å². The van der Waals surface area contributed by atoms with E-state index in [4.69, 9.17) is 23.2 Å². The number of para-hydroxylation sites is 1. The summed E-state index contributed by atoms with van der Waals surface area (Å²) >= 11 is 12.5. The lowest BCUT2D eigenvalue weighted by molar-refractivity contribution is -0.0637. The molecular weight excluding hydrogens is 559 g/mol. The average Bonchev–Trinajstić information content (AvgIpc) is 3.32. The smallest absolute Gasteiger partial charge is 0.315 e. The summed E-state index contributed by atoms with van der Waals surface area (Å²) in [5.41, 5.74) is 2.60. The summed E-state index contributed by atoms with van der Waals surface area (Å²) in [6.07, 6.45) is -0.420. The number of urea groups is 1. The molecule has 3 aromatic rings. The third kappa shape index (κ3) is 7.02. The first-order valence-corrected chi connectivity index (χ1v) is 13.2. The van der Waals surface area contributed by atoms with Gasteiger partial charge in [0.2, 0.25) is 0 Å².